The topological polar surface area (TPSA) is 24.9 Å². The highest BCUT2D eigenvalue weighted by atomic mass is 14.9. The lowest BCUT2D eigenvalue weighted by atomic mass is 9.87. The Morgan fingerprint density at radius 2 is 2.07 bits per heavy atom. The Kier molecular flexibility index (Phi) is 3.02. The third-order valence-corrected chi connectivity index (χ3v) is 3.05. The molecule has 1 aromatic rings. The van der Waals surface area contributed by atoms with Crippen LogP contribution in [-0.2, 0) is 0 Å². The molecule has 1 aliphatic rings. The molecule has 76 valence electrons. The third-order valence-electron chi connectivity index (χ3n) is 3.05. The third kappa shape index (κ3) is 2.47. The van der Waals surface area contributed by atoms with E-state index in [2.05, 4.69) is 23.3 Å². The predicted octanol–water partition coefficient (Wildman–Crippen LogP) is 3.07. The van der Waals surface area contributed by atoms with Gasteiger partial charge in [0.25, 0.3) is 0 Å². The summed E-state index contributed by atoms with van der Waals surface area (Å²) in [6.07, 6.45) is 9.04. The number of rotatable bonds is 2. The zero-order chi connectivity index (χ0) is 9.80. The Bertz CT molecular complexity index is 263. The summed E-state index contributed by atoms with van der Waals surface area (Å²) in [5, 5.41) is 3.54. The maximum Gasteiger partial charge on any atom is 0.0528 e. The molecule has 1 aromatic heterocycles. The van der Waals surface area contributed by atoms with Gasteiger partial charge in [0, 0.05) is 18.4 Å². The van der Waals surface area contributed by atoms with Gasteiger partial charge in [-0.15, -0.1) is 0 Å². The number of hydrogen-bond acceptors (Lipinski definition) is 2. The summed E-state index contributed by atoms with van der Waals surface area (Å²) in [4.78, 5) is 4.10. The number of anilines is 1. The quantitative estimate of drug-likeness (QED) is 0.775. The Balaban J connectivity index is 1.87. The van der Waals surface area contributed by atoms with E-state index in [4.69, 9.17) is 0 Å². The minimum Gasteiger partial charge on any atom is -0.381 e. The molecule has 2 rings (SSSR count). The van der Waals surface area contributed by atoms with E-state index in [0.717, 1.165) is 11.6 Å². The van der Waals surface area contributed by atoms with Crippen molar-refractivity contribution in [3.8, 4) is 0 Å². The van der Waals surface area contributed by atoms with Crippen LogP contribution in [0.2, 0.25) is 0 Å². The van der Waals surface area contributed by atoms with Gasteiger partial charge in [0.2, 0.25) is 0 Å². The monoisotopic (exact) mass is 190 g/mol. The predicted molar refractivity (Wildman–Crippen MR) is 59.3 cm³/mol. The number of aromatic nitrogens is 1. The van der Waals surface area contributed by atoms with Crippen LogP contribution in [-0.4, -0.2) is 11.0 Å². The van der Waals surface area contributed by atoms with Crippen molar-refractivity contribution in [2.75, 3.05) is 5.32 Å². The molecule has 14 heavy (non-hydrogen) atoms. The van der Waals surface area contributed by atoms with Crippen LogP contribution in [0.1, 0.15) is 32.6 Å². The zero-order valence-electron chi connectivity index (χ0n) is 8.74. The first-order valence-corrected chi connectivity index (χ1v) is 5.51. The molecule has 0 bridgehead atoms. The van der Waals surface area contributed by atoms with Crippen molar-refractivity contribution in [1.82, 2.24) is 4.98 Å². The fourth-order valence-corrected chi connectivity index (χ4v) is 2.09. The summed E-state index contributed by atoms with van der Waals surface area (Å²) >= 11 is 0. The average Bonchev–Trinajstić information content (AvgIpc) is 2.23. The number of nitrogens with zero attached hydrogens (tertiary/aromatic N) is 1. The first-order chi connectivity index (χ1) is 6.84. The number of pyridine rings is 1. The van der Waals surface area contributed by atoms with Crippen LogP contribution in [0.4, 0.5) is 5.69 Å². The molecule has 2 heteroatoms. The van der Waals surface area contributed by atoms with E-state index < -0.39 is 0 Å². The Labute approximate surface area is 85.7 Å². The molecule has 1 saturated carbocycles. The molecular weight excluding hydrogens is 172 g/mol. The van der Waals surface area contributed by atoms with Crippen LogP contribution in [0.15, 0.2) is 24.5 Å². The van der Waals surface area contributed by atoms with Gasteiger partial charge in [-0.25, -0.2) is 0 Å². The summed E-state index contributed by atoms with van der Waals surface area (Å²) in [5.41, 5.74) is 1.16. The fourth-order valence-electron chi connectivity index (χ4n) is 2.09. The van der Waals surface area contributed by atoms with Gasteiger partial charge in [-0.3, -0.25) is 4.98 Å². The van der Waals surface area contributed by atoms with E-state index in [0.29, 0.717) is 6.04 Å². The summed E-state index contributed by atoms with van der Waals surface area (Å²) in [5.74, 6) is 0.918. The molecule has 0 atom stereocenters. The van der Waals surface area contributed by atoms with Crippen molar-refractivity contribution in [2.24, 2.45) is 5.92 Å². The van der Waals surface area contributed by atoms with Gasteiger partial charge in [0.15, 0.2) is 0 Å². The van der Waals surface area contributed by atoms with Gasteiger partial charge in [-0.2, -0.15) is 0 Å². The Morgan fingerprint density at radius 1 is 1.29 bits per heavy atom. The molecule has 1 heterocycles. The van der Waals surface area contributed by atoms with E-state index in [1.54, 1.807) is 0 Å². The molecule has 0 unspecified atom stereocenters. The molecule has 0 aliphatic heterocycles. The highest BCUT2D eigenvalue weighted by Gasteiger charge is 2.17. The molecule has 0 aromatic carbocycles. The Morgan fingerprint density at radius 3 is 2.71 bits per heavy atom. The molecule has 1 N–H and O–H groups in total. The minimum atomic E-state index is 0.662. The van der Waals surface area contributed by atoms with Crippen molar-refractivity contribution in [1.29, 1.82) is 0 Å². The van der Waals surface area contributed by atoms with Gasteiger partial charge >= 0.3 is 0 Å². The molecular formula is C12H18N2. The fraction of sp³-hybridized carbons (Fsp3) is 0.583. The van der Waals surface area contributed by atoms with Gasteiger partial charge in [0.1, 0.15) is 0 Å². The second-order valence-electron chi connectivity index (χ2n) is 4.34. The summed E-state index contributed by atoms with van der Waals surface area (Å²) < 4.78 is 0. The molecule has 0 radical (unpaired) electrons. The smallest absolute Gasteiger partial charge is 0.0528 e. The number of nitrogens with one attached hydrogen (secondary N) is 1. The highest BCUT2D eigenvalue weighted by Crippen LogP contribution is 2.25. The van der Waals surface area contributed by atoms with Crippen LogP contribution >= 0.6 is 0 Å². The lowest BCUT2D eigenvalue weighted by molar-refractivity contribution is 0.361. The standard InChI is InChI=1S/C12H18N2/c1-10-4-6-11(7-5-10)14-12-3-2-8-13-9-12/h2-3,8-11,14H,4-7H2,1H3. The van der Waals surface area contributed by atoms with Crippen LogP contribution in [0.25, 0.3) is 0 Å². The second-order valence-corrected chi connectivity index (χ2v) is 4.34. The SMILES string of the molecule is CC1CCC(Nc2cccnc2)CC1. The molecule has 0 saturated heterocycles. The van der Waals surface area contributed by atoms with Gasteiger partial charge in [0.05, 0.1) is 5.69 Å². The minimum absolute atomic E-state index is 0.662. The zero-order valence-corrected chi connectivity index (χ0v) is 8.74. The van der Waals surface area contributed by atoms with Crippen LogP contribution < -0.4 is 5.32 Å². The van der Waals surface area contributed by atoms with E-state index in [9.17, 15) is 0 Å². The lowest BCUT2D eigenvalue weighted by Gasteiger charge is -2.27. The van der Waals surface area contributed by atoms with Crippen LogP contribution in [0.5, 0.6) is 0 Å². The summed E-state index contributed by atoms with van der Waals surface area (Å²) in [6, 6.07) is 4.73. The first kappa shape index (κ1) is 9.50. The lowest BCUT2D eigenvalue weighted by Crippen LogP contribution is -2.25. The van der Waals surface area contributed by atoms with Crippen molar-refractivity contribution in [2.45, 2.75) is 38.6 Å². The van der Waals surface area contributed by atoms with E-state index in [-0.39, 0.29) is 0 Å². The van der Waals surface area contributed by atoms with Crippen LogP contribution in [0, 0.1) is 5.92 Å². The Hall–Kier alpha value is -1.05. The van der Waals surface area contributed by atoms with Crippen LogP contribution in [0.3, 0.4) is 0 Å². The van der Waals surface area contributed by atoms with Crippen molar-refractivity contribution in [3.63, 3.8) is 0 Å². The van der Waals surface area contributed by atoms with E-state index >= 15 is 0 Å². The van der Waals surface area contributed by atoms with Crippen molar-refractivity contribution >= 4 is 5.69 Å². The van der Waals surface area contributed by atoms with Crippen molar-refractivity contribution < 1.29 is 0 Å². The normalized spacial score (nSPS) is 27.2. The second kappa shape index (κ2) is 4.45. The number of hydrogen-bond donors (Lipinski definition) is 1. The molecule has 1 aliphatic carbocycles. The largest absolute Gasteiger partial charge is 0.381 e. The first-order valence-electron chi connectivity index (χ1n) is 5.51. The van der Waals surface area contributed by atoms with Crippen molar-refractivity contribution in [3.05, 3.63) is 24.5 Å². The average molecular weight is 190 g/mol. The highest BCUT2D eigenvalue weighted by molar-refractivity contribution is 5.40. The summed E-state index contributed by atoms with van der Waals surface area (Å²) in [7, 11) is 0. The summed E-state index contributed by atoms with van der Waals surface area (Å²) in [6.45, 7) is 2.35. The van der Waals surface area contributed by atoms with E-state index in [1.807, 2.05) is 18.5 Å². The molecule has 1 fully saturated rings. The maximum atomic E-state index is 4.10. The van der Waals surface area contributed by atoms with Gasteiger partial charge in [-0.1, -0.05) is 6.92 Å². The molecule has 2 nitrogen and oxygen atoms in total. The molecule has 0 spiro atoms. The molecule has 0 amide bonds. The van der Waals surface area contributed by atoms with E-state index in [1.165, 1.54) is 25.7 Å². The van der Waals surface area contributed by atoms with Gasteiger partial charge < -0.3 is 5.32 Å². The van der Waals surface area contributed by atoms with Gasteiger partial charge in [-0.05, 0) is 43.7 Å². The maximum absolute atomic E-state index is 4.10.